The normalized spacial score (nSPS) is 16.0. The van der Waals surface area contributed by atoms with Gasteiger partial charge in [0.2, 0.25) is 0 Å². The molecule has 1 aromatic carbocycles. The van der Waals surface area contributed by atoms with E-state index in [4.69, 9.17) is 0 Å². The van der Waals surface area contributed by atoms with E-state index < -0.39 is 0 Å². The van der Waals surface area contributed by atoms with Crippen LogP contribution in [0.2, 0.25) is 0 Å². The summed E-state index contributed by atoms with van der Waals surface area (Å²) in [6.45, 7) is 0. The first kappa shape index (κ1) is 14.6. The number of nitrogens with one attached hydrogen (secondary N) is 1. The smallest absolute Gasteiger partial charge is 0.253 e. The Kier molecular flexibility index (Phi) is 3.57. The number of hydrogen-bond acceptors (Lipinski definition) is 3. The van der Waals surface area contributed by atoms with Gasteiger partial charge in [0.15, 0.2) is 0 Å². The van der Waals surface area contributed by atoms with Crippen LogP contribution < -0.4 is 5.32 Å². The lowest BCUT2D eigenvalue weighted by Gasteiger charge is -2.14. The van der Waals surface area contributed by atoms with Gasteiger partial charge in [0.25, 0.3) is 5.91 Å². The van der Waals surface area contributed by atoms with Crippen LogP contribution in [0.25, 0.3) is 5.82 Å². The highest BCUT2D eigenvalue weighted by Crippen LogP contribution is 2.31. The fourth-order valence-electron chi connectivity index (χ4n) is 3.03. The Morgan fingerprint density at radius 3 is 2.96 bits per heavy atom. The summed E-state index contributed by atoms with van der Waals surface area (Å²) >= 11 is 0. The van der Waals surface area contributed by atoms with Crippen molar-refractivity contribution < 1.29 is 9.18 Å². The Morgan fingerprint density at radius 2 is 2.21 bits per heavy atom. The van der Waals surface area contributed by atoms with Crippen molar-refractivity contribution in [1.29, 1.82) is 0 Å². The van der Waals surface area contributed by atoms with Gasteiger partial charge >= 0.3 is 0 Å². The maximum atomic E-state index is 13.4. The number of pyridine rings is 1. The van der Waals surface area contributed by atoms with Gasteiger partial charge in [-0.15, -0.1) is 0 Å². The quantitative estimate of drug-likeness (QED) is 0.806. The molecule has 4 rings (SSSR count). The maximum Gasteiger partial charge on any atom is 0.253 e. The number of benzene rings is 1. The van der Waals surface area contributed by atoms with Crippen molar-refractivity contribution in [2.24, 2.45) is 0 Å². The molecule has 0 spiro atoms. The van der Waals surface area contributed by atoms with Gasteiger partial charge in [-0.05, 0) is 48.2 Å². The van der Waals surface area contributed by atoms with Gasteiger partial charge in [-0.2, -0.15) is 0 Å². The summed E-state index contributed by atoms with van der Waals surface area (Å²) < 4.78 is 15.2. The minimum atomic E-state index is -0.277. The first-order valence-electron chi connectivity index (χ1n) is 7.74. The van der Waals surface area contributed by atoms with Crippen LogP contribution in [0.4, 0.5) is 4.39 Å². The number of nitrogens with zero attached hydrogens (tertiary/aromatic N) is 3. The van der Waals surface area contributed by atoms with Gasteiger partial charge in [-0.1, -0.05) is 6.07 Å². The number of carbonyl (C=O) groups excluding carboxylic acids is 1. The Hall–Kier alpha value is -3.02. The molecule has 1 aliphatic rings. The predicted molar refractivity (Wildman–Crippen MR) is 86.3 cm³/mol. The number of imidazole rings is 1. The highest BCUT2D eigenvalue weighted by molar-refractivity contribution is 5.94. The van der Waals surface area contributed by atoms with Crippen molar-refractivity contribution in [1.82, 2.24) is 19.9 Å². The third-order valence-corrected chi connectivity index (χ3v) is 4.27. The van der Waals surface area contributed by atoms with Crippen LogP contribution in [-0.2, 0) is 6.42 Å². The largest absolute Gasteiger partial charge is 0.345 e. The van der Waals surface area contributed by atoms with Crippen LogP contribution in [0.1, 0.15) is 33.9 Å². The van der Waals surface area contributed by atoms with Crippen LogP contribution in [0.5, 0.6) is 0 Å². The summed E-state index contributed by atoms with van der Waals surface area (Å²) in [6.07, 6.45) is 8.26. The zero-order valence-corrected chi connectivity index (χ0v) is 12.8. The number of hydrogen-bond donors (Lipinski definition) is 1. The van der Waals surface area contributed by atoms with Crippen LogP contribution in [0, 0.1) is 5.82 Å². The molecular formula is C18H15FN4O. The standard InChI is InChI=1S/C18H15FN4O/c19-14-4-1-12-2-5-16(15(12)9-14)22-18(24)13-3-6-17(21-10-13)23-8-7-20-11-23/h1,3-4,6-11,16H,2,5H2,(H,22,24)/t16-/m0/s1. The predicted octanol–water partition coefficient (Wildman–Crippen LogP) is 2.82. The first-order chi connectivity index (χ1) is 11.7. The van der Waals surface area contributed by atoms with Gasteiger partial charge < -0.3 is 5.32 Å². The van der Waals surface area contributed by atoms with E-state index in [9.17, 15) is 9.18 Å². The van der Waals surface area contributed by atoms with E-state index in [-0.39, 0.29) is 17.8 Å². The molecule has 0 radical (unpaired) electrons. The Balaban J connectivity index is 1.50. The highest BCUT2D eigenvalue weighted by atomic mass is 19.1. The molecule has 0 aliphatic heterocycles. The first-order valence-corrected chi connectivity index (χ1v) is 7.74. The van der Waals surface area contributed by atoms with E-state index >= 15 is 0 Å². The monoisotopic (exact) mass is 322 g/mol. The molecule has 5 nitrogen and oxygen atoms in total. The lowest BCUT2D eigenvalue weighted by molar-refractivity contribution is 0.0936. The number of amides is 1. The van der Waals surface area contributed by atoms with Gasteiger partial charge in [0, 0.05) is 18.6 Å². The SMILES string of the molecule is O=C(N[C@H]1CCc2ccc(F)cc21)c1ccc(-n2ccnc2)nc1. The Labute approximate surface area is 138 Å². The summed E-state index contributed by atoms with van der Waals surface area (Å²) in [6, 6.07) is 8.09. The number of fused-ring (bicyclic) bond motifs is 1. The summed E-state index contributed by atoms with van der Waals surface area (Å²) in [5.74, 6) is 0.209. The lowest BCUT2D eigenvalue weighted by atomic mass is 10.1. The van der Waals surface area contributed by atoms with E-state index in [1.165, 1.54) is 18.3 Å². The second-order valence-corrected chi connectivity index (χ2v) is 5.78. The summed E-state index contributed by atoms with van der Waals surface area (Å²) in [7, 11) is 0. The Bertz CT molecular complexity index is 875. The lowest BCUT2D eigenvalue weighted by Crippen LogP contribution is -2.27. The molecule has 2 heterocycles. The second kappa shape index (κ2) is 5.88. The fourth-order valence-corrected chi connectivity index (χ4v) is 3.03. The number of aromatic nitrogens is 3. The molecular weight excluding hydrogens is 307 g/mol. The van der Waals surface area contributed by atoms with E-state index in [1.807, 2.05) is 0 Å². The van der Waals surface area contributed by atoms with Crippen LogP contribution in [-0.4, -0.2) is 20.4 Å². The number of carbonyl (C=O) groups is 1. The number of halogens is 1. The maximum absolute atomic E-state index is 13.4. The molecule has 1 amide bonds. The molecule has 1 N–H and O–H groups in total. The molecule has 0 saturated carbocycles. The van der Waals surface area contributed by atoms with Crippen molar-refractivity contribution in [2.75, 3.05) is 0 Å². The Morgan fingerprint density at radius 1 is 1.29 bits per heavy atom. The molecule has 1 atom stereocenters. The number of aryl methyl sites for hydroxylation is 1. The molecule has 0 unspecified atom stereocenters. The van der Waals surface area contributed by atoms with Crippen LogP contribution in [0.15, 0.2) is 55.2 Å². The van der Waals surface area contributed by atoms with Crippen molar-refractivity contribution in [3.63, 3.8) is 0 Å². The van der Waals surface area contributed by atoms with Gasteiger partial charge in [0.05, 0.1) is 11.6 Å². The van der Waals surface area contributed by atoms with E-state index in [1.54, 1.807) is 41.5 Å². The van der Waals surface area contributed by atoms with Gasteiger partial charge in [-0.25, -0.2) is 14.4 Å². The fraction of sp³-hybridized carbons (Fsp3) is 0.167. The molecule has 6 heteroatoms. The molecule has 120 valence electrons. The van der Waals surface area contributed by atoms with Gasteiger partial charge in [0.1, 0.15) is 18.0 Å². The molecule has 1 aliphatic carbocycles. The van der Waals surface area contributed by atoms with E-state index in [0.717, 1.165) is 24.0 Å². The molecule has 0 saturated heterocycles. The van der Waals surface area contributed by atoms with Crippen LogP contribution in [0.3, 0.4) is 0 Å². The van der Waals surface area contributed by atoms with Gasteiger partial charge in [-0.3, -0.25) is 9.36 Å². The average Bonchev–Trinajstić information content (AvgIpc) is 3.25. The second-order valence-electron chi connectivity index (χ2n) is 5.78. The van der Waals surface area contributed by atoms with E-state index in [2.05, 4.69) is 15.3 Å². The van der Waals surface area contributed by atoms with Crippen LogP contribution >= 0.6 is 0 Å². The van der Waals surface area contributed by atoms with Crippen molar-refractivity contribution in [3.8, 4) is 5.82 Å². The molecule has 0 bridgehead atoms. The topological polar surface area (TPSA) is 59.8 Å². The molecule has 0 fully saturated rings. The van der Waals surface area contributed by atoms with Crippen molar-refractivity contribution in [3.05, 3.63) is 77.8 Å². The zero-order chi connectivity index (χ0) is 16.5. The third-order valence-electron chi connectivity index (χ3n) is 4.27. The minimum Gasteiger partial charge on any atom is -0.345 e. The summed E-state index contributed by atoms with van der Waals surface area (Å²) in [5, 5.41) is 2.97. The highest BCUT2D eigenvalue weighted by Gasteiger charge is 2.24. The molecule has 2 aromatic heterocycles. The van der Waals surface area contributed by atoms with E-state index in [0.29, 0.717) is 11.4 Å². The summed E-state index contributed by atoms with van der Waals surface area (Å²) in [4.78, 5) is 20.7. The zero-order valence-electron chi connectivity index (χ0n) is 12.8. The summed E-state index contributed by atoms with van der Waals surface area (Å²) in [5.41, 5.74) is 2.44. The van der Waals surface area contributed by atoms with Crippen molar-refractivity contribution >= 4 is 5.91 Å². The molecule has 24 heavy (non-hydrogen) atoms. The average molecular weight is 322 g/mol. The minimum absolute atomic E-state index is 0.156. The van der Waals surface area contributed by atoms with Crippen molar-refractivity contribution in [2.45, 2.75) is 18.9 Å². The third kappa shape index (κ3) is 2.67. The molecule has 3 aromatic rings. The number of rotatable bonds is 3.